The van der Waals surface area contributed by atoms with E-state index in [0.717, 1.165) is 48.1 Å². The first-order valence-electron chi connectivity index (χ1n) is 14.4. The second-order valence-corrected chi connectivity index (χ2v) is 13.2. The van der Waals surface area contributed by atoms with Crippen molar-refractivity contribution in [3.05, 3.63) is 69.8 Å². The highest BCUT2D eigenvalue weighted by atomic mass is 16.4. The zero-order valence-corrected chi connectivity index (χ0v) is 25.4. The molecule has 6 N–H and O–H groups in total. The third-order valence-corrected chi connectivity index (χ3v) is 7.79. The summed E-state index contributed by atoms with van der Waals surface area (Å²) < 4.78 is 12.8. The fourth-order valence-corrected chi connectivity index (χ4v) is 5.76. The van der Waals surface area contributed by atoms with Crippen molar-refractivity contribution in [3.8, 4) is 22.9 Å². The van der Waals surface area contributed by atoms with Crippen LogP contribution in [0.2, 0.25) is 0 Å². The number of oxazole rings is 2. The van der Waals surface area contributed by atoms with Crippen LogP contribution in [0.4, 0.5) is 0 Å². The molecule has 0 unspecified atom stereocenters. The average Bonchev–Trinajstić information content (AvgIpc) is 3.45. The van der Waals surface area contributed by atoms with Crippen LogP contribution in [0.25, 0.3) is 45.1 Å². The first-order chi connectivity index (χ1) is 18.8. The molecule has 210 valence electrons. The maximum atomic E-state index is 6.41. The number of benzene rings is 3. The summed E-state index contributed by atoms with van der Waals surface area (Å²) in [5.41, 5.74) is 20.7. The Balaban J connectivity index is 1.63. The molecular formula is C34H44N4O2+2. The Hall–Kier alpha value is -3.48. The first kappa shape index (κ1) is 28.1. The van der Waals surface area contributed by atoms with Crippen molar-refractivity contribution in [2.24, 2.45) is 0 Å². The van der Waals surface area contributed by atoms with Crippen LogP contribution in [0.15, 0.2) is 45.2 Å². The van der Waals surface area contributed by atoms with E-state index in [0.29, 0.717) is 22.9 Å². The molecule has 0 aliphatic rings. The highest BCUT2D eigenvalue weighted by molar-refractivity contribution is 5.91. The van der Waals surface area contributed by atoms with Crippen LogP contribution in [-0.4, -0.2) is 23.1 Å². The number of aromatic nitrogens is 2. The zero-order valence-electron chi connectivity index (χ0n) is 25.4. The molecule has 0 spiro atoms. The van der Waals surface area contributed by atoms with Gasteiger partial charge in [0.1, 0.15) is 11.0 Å². The molecule has 0 aliphatic carbocycles. The van der Waals surface area contributed by atoms with Crippen LogP contribution in [0, 0.1) is 13.8 Å². The number of rotatable bonds is 6. The molecule has 0 atom stereocenters. The van der Waals surface area contributed by atoms with E-state index in [1.165, 1.54) is 33.4 Å². The van der Waals surface area contributed by atoms with Crippen LogP contribution in [0.3, 0.4) is 0 Å². The van der Waals surface area contributed by atoms with Crippen molar-refractivity contribution < 1.29 is 20.3 Å². The summed E-state index contributed by atoms with van der Waals surface area (Å²) in [7, 11) is 0. The summed E-state index contributed by atoms with van der Waals surface area (Å²) in [5.74, 6) is 1.26. The summed E-state index contributed by atoms with van der Waals surface area (Å²) >= 11 is 0. The second kappa shape index (κ2) is 10.2. The van der Waals surface area contributed by atoms with E-state index in [9.17, 15) is 0 Å². The van der Waals surface area contributed by atoms with Crippen molar-refractivity contribution in [2.75, 3.05) is 13.1 Å². The highest BCUT2D eigenvalue weighted by Crippen LogP contribution is 2.38. The largest absolute Gasteiger partial charge is 0.436 e. The van der Waals surface area contributed by atoms with Gasteiger partial charge in [0.15, 0.2) is 11.2 Å². The number of fused-ring (bicyclic) bond motifs is 2. The van der Waals surface area contributed by atoms with Gasteiger partial charge in [-0.05, 0) is 76.3 Å². The summed E-state index contributed by atoms with van der Waals surface area (Å²) in [5, 5.41) is 0. The molecule has 0 radical (unpaired) electrons. The van der Waals surface area contributed by atoms with E-state index in [4.69, 9.17) is 18.8 Å². The predicted molar refractivity (Wildman–Crippen MR) is 162 cm³/mol. The lowest BCUT2D eigenvalue weighted by Gasteiger charge is -2.23. The molecule has 2 aromatic heterocycles. The molecule has 0 aliphatic heterocycles. The molecular weight excluding hydrogens is 496 g/mol. The lowest BCUT2D eigenvalue weighted by Crippen LogP contribution is -2.51. The first-order valence-corrected chi connectivity index (χ1v) is 14.4. The molecule has 0 saturated heterocycles. The number of quaternary nitrogens is 2. The van der Waals surface area contributed by atoms with Crippen molar-refractivity contribution in [3.63, 3.8) is 0 Å². The Labute approximate surface area is 237 Å². The molecule has 0 saturated carbocycles. The molecule has 0 bridgehead atoms. The monoisotopic (exact) mass is 540 g/mol. The van der Waals surface area contributed by atoms with Crippen molar-refractivity contribution >= 4 is 22.2 Å². The summed E-state index contributed by atoms with van der Waals surface area (Å²) in [6, 6.07) is 12.9. The van der Waals surface area contributed by atoms with Gasteiger partial charge in [0.25, 0.3) is 0 Å². The highest BCUT2D eigenvalue weighted by Gasteiger charge is 2.25. The fourth-order valence-electron chi connectivity index (χ4n) is 5.76. The molecule has 6 nitrogen and oxygen atoms in total. The molecule has 0 amide bonds. The molecule has 3 aromatic carbocycles. The van der Waals surface area contributed by atoms with Gasteiger partial charge in [-0.1, -0.05) is 53.7 Å². The predicted octanol–water partition coefficient (Wildman–Crippen LogP) is 6.08. The molecule has 6 heteroatoms. The van der Waals surface area contributed by atoms with E-state index >= 15 is 0 Å². The Bertz CT molecular complexity index is 1660. The van der Waals surface area contributed by atoms with Gasteiger partial charge in [-0.15, -0.1) is 0 Å². The minimum atomic E-state index is -0.0561. The van der Waals surface area contributed by atoms with Gasteiger partial charge in [0, 0.05) is 30.0 Å². The van der Waals surface area contributed by atoms with Crippen molar-refractivity contribution in [1.82, 2.24) is 9.97 Å². The minimum Gasteiger partial charge on any atom is -0.436 e. The lowest BCUT2D eigenvalue weighted by atomic mass is 9.81. The number of nitrogens with zero attached hydrogens (tertiary/aromatic N) is 2. The minimum absolute atomic E-state index is 0.0172. The summed E-state index contributed by atoms with van der Waals surface area (Å²) in [6.07, 6.45) is 1.80. The van der Waals surface area contributed by atoms with Gasteiger partial charge in [-0.2, -0.15) is 0 Å². The molecule has 5 rings (SSSR count). The van der Waals surface area contributed by atoms with Crippen LogP contribution >= 0.6 is 0 Å². The Morgan fingerprint density at radius 1 is 0.600 bits per heavy atom. The average molecular weight is 541 g/mol. The number of hydrogen-bond donors (Lipinski definition) is 2. The third kappa shape index (κ3) is 5.18. The number of hydrogen-bond acceptors (Lipinski definition) is 4. The summed E-state index contributed by atoms with van der Waals surface area (Å²) in [6.45, 7) is 19.4. The maximum absolute atomic E-state index is 6.41. The zero-order chi connectivity index (χ0) is 29.0. The van der Waals surface area contributed by atoms with E-state index < -0.39 is 0 Å². The van der Waals surface area contributed by atoms with E-state index in [1.807, 2.05) is 12.1 Å². The van der Waals surface area contributed by atoms with Gasteiger partial charge in [-0.25, -0.2) is 9.97 Å². The SMILES string of the molecule is Cc1cc(C(C)(C)C)c(-c2nc3cc4nc(-c5cc(C(C)(C)C)c(C)cc5CC[NH3+])oc4cc3o2)cc1CC[NH3+]. The van der Waals surface area contributed by atoms with E-state index in [1.54, 1.807) is 0 Å². The molecule has 5 aromatic rings. The Morgan fingerprint density at radius 2 is 1.15 bits per heavy atom. The second-order valence-electron chi connectivity index (χ2n) is 13.2. The van der Waals surface area contributed by atoms with Gasteiger partial charge in [0.05, 0.1) is 13.1 Å². The Kier molecular flexibility index (Phi) is 7.13. The lowest BCUT2D eigenvalue weighted by molar-refractivity contribution is -0.367. The normalized spacial score (nSPS) is 12.7. The smallest absolute Gasteiger partial charge is 0.227 e. The van der Waals surface area contributed by atoms with Crippen LogP contribution in [0.5, 0.6) is 0 Å². The maximum Gasteiger partial charge on any atom is 0.227 e. The fraction of sp³-hybridized carbons (Fsp3) is 0.412. The van der Waals surface area contributed by atoms with E-state index in [2.05, 4.69) is 91.1 Å². The van der Waals surface area contributed by atoms with E-state index in [-0.39, 0.29) is 10.8 Å². The standard InChI is InChI=1S/C34H42N4O2/c1-19-14-26(34(6,7)8)24(15-21(19)9-11-35)32-38-28-17-27-29(18-30(28)40-32)39-31(37-27)23-16-25(33(3,4)5)20(2)13-22(23)10-12-36/h13-18H,9-12,35-36H2,1-8H3/p+2. The van der Waals surface area contributed by atoms with Crippen molar-refractivity contribution in [1.29, 1.82) is 0 Å². The topological polar surface area (TPSA) is 107 Å². The summed E-state index contributed by atoms with van der Waals surface area (Å²) in [4.78, 5) is 9.89. The van der Waals surface area contributed by atoms with Crippen LogP contribution < -0.4 is 11.5 Å². The van der Waals surface area contributed by atoms with Gasteiger partial charge in [-0.3, -0.25) is 0 Å². The molecule has 2 heterocycles. The molecule has 0 fully saturated rings. The van der Waals surface area contributed by atoms with Gasteiger partial charge >= 0.3 is 0 Å². The Morgan fingerprint density at radius 3 is 1.70 bits per heavy atom. The number of aryl methyl sites for hydroxylation is 2. The molecule has 40 heavy (non-hydrogen) atoms. The van der Waals surface area contributed by atoms with Gasteiger partial charge < -0.3 is 20.3 Å². The van der Waals surface area contributed by atoms with Crippen LogP contribution in [0.1, 0.15) is 74.9 Å². The van der Waals surface area contributed by atoms with Crippen molar-refractivity contribution in [2.45, 2.75) is 79.1 Å². The van der Waals surface area contributed by atoms with Gasteiger partial charge in [0.2, 0.25) is 11.8 Å². The quantitative estimate of drug-likeness (QED) is 0.272. The van der Waals surface area contributed by atoms with Crippen LogP contribution in [-0.2, 0) is 23.7 Å². The third-order valence-electron chi connectivity index (χ3n) is 7.79.